The van der Waals surface area contributed by atoms with Crippen LogP contribution in [0.2, 0.25) is 0 Å². The van der Waals surface area contributed by atoms with E-state index >= 15 is 0 Å². The quantitative estimate of drug-likeness (QED) is 0.624. The topological polar surface area (TPSA) is 84.2 Å². The summed E-state index contributed by atoms with van der Waals surface area (Å²) in [5.41, 5.74) is 10.3. The Balaban J connectivity index is 1.84. The molecule has 1 heterocycles. The van der Waals surface area contributed by atoms with Gasteiger partial charge in [0.15, 0.2) is 0 Å². The maximum Gasteiger partial charge on any atom is 0.258 e. The van der Waals surface area contributed by atoms with Crippen molar-refractivity contribution in [3.05, 3.63) is 95.6 Å². The van der Waals surface area contributed by atoms with Crippen molar-refractivity contribution in [3.8, 4) is 0 Å². The fraction of sp³-hybridized carbons (Fsp3) is 0. The van der Waals surface area contributed by atoms with Crippen molar-refractivity contribution in [2.24, 2.45) is 5.73 Å². The smallest absolute Gasteiger partial charge is 0.258 e. The molecule has 27 heavy (non-hydrogen) atoms. The molecule has 2 amide bonds. The lowest BCUT2D eigenvalue weighted by molar-refractivity contribution is -0.110. The third-order valence-corrected chi connectivity index (χ3v) is 4.42. The molecule has 0 unspecified atom stereocenters. The van der Waals surface area contributed by atoms with E-state index in [-0.39, 0.29) is 5.91 Å². The lowest BCUT2D eigenvalue weighted by Crippen LogP contribution is -2.11. The van der Waals surface area contributed by atoms with Gasteiger partial charge in [-0.15, -0.1) is 0 Å². The first-order valence-corrected chi connectivity index (χ1v) is 8.51. The van der Waals surface area contributed by atoms with Crippen LogP contribution >= 0.6 is 0 Å². The van der Waals surface area contributed by atoms with Gasteiger partial charge in [-0.05, 0) is 35.9 Å². The maximum absolute atomic E-state index is 12.7. The van der Waals surface area contributed by atoms with Gasteiger partial charge in [0.2, 0.25) is 5.91 Å². The van der Waals surface area contributed by atoms with Gasteiger partial charge in [-0.2, -0.15) is 0 Å². The summed E-state index contributed by atoms with van der Waals surface area (Å²) in [4.78, 5) is 24.0. The Labute approximate surface area is 156 Å². The Morgan fingerprint density at radius 2 is 1.48 bits per heavy atom. The fourth-order valence-corrected chi connectivity index (χ4v) is 3.11. The summed E-state index contributed by atoms with van der Waals surface area (Å²) in [5.74, 6) is -0.636. The zero-order valence-corrected chi connectivity index (χ0v) is 14.4. The fourth-order valence-electron chi connectivity index (χ4n) is 3.11. The summed E-state index contributed by atoms with van der Waals surface area (Å²) in [7, 11) is 0. The molecule has 0 aromatic heterocycles. The Morgan fingerprint density at radius 3 is 2.19 bits per heavy atom. The zero-order valence-electron chi connectivity index (χ0n) is 14.4. The molecule has 0 radical (unpaired) electrons. The molecule has 0 aliphatic carbocycles. The summed E-state index contributed by atoms with van der Waals surface area (Å²) in [6, 6.07) is 24.1. The number of para-hydroxylation sites is 1. The van der Waals surface area contributed by atoms with E-state index in [2.05, 4.69) is 10.6 Å². The number of rotatable bonds is 4. The number of nitrogens with one attached hydrogen (secondary N) is 2. The molecule has 132 valence electrons. The highest BCUT2D eigenvalue weighted by molar-refractivity contribution is 6.37. The van der Waals surface area contributed by atoms with E-state index in [1.807, 2.05) is 54.6 Å². The summed E-state index contributed by atoms with van der Waals surface area (Å²) in [6.45, 7) is 0. The summed E-state index contributed by atoms with van der Waals surface area (Å²) in [6.07, 6.45) is 0. The number of hydrogen-bond acceptors (Lipinski definition) is 3. The summed E-state index contributed by atoms with van der Waals surface area (Å²) >= 11 is 0. The molecule has 5 nitrogen and oxygen atoms in total. The first-order chi connectivity index (χ1) is 13.1. The van der Waals surface area contributed by atoms with Crippen LogP contribution in [0.5, 0.6) is 0 Å². The van der Waals surface area contributed by atoms with Crippen LogP contribution < -0.4 is 16.4 Å². The molecule has 5 heteroatoms. The van der Waals surface area contributed by atoms with Crippen molar-refractivity contribution in [2.75, 3.05) is 10.6 Å². The average molecular weight is 355 g/mol. The van der Waals surface area contributed by atoms with Gasteiger partial charge in [-0.1, -0.05) is 48.5 Å². The number of anilines is 2. The van der Waals surface area contributed by atoms with Gasteiger partial charge >= 0.3 is 0 Å². The molecule has 0 saturated heterocycles. The first kappa shape index (κ1) is 16.6. The van der Waals surface area contributed by atoms with E-state index in [4.69, 9.17) is 5.73 Å². The zero-order chi connectivity index (χ0) is 18.8. The molecular weight excluding hydrogens is 338 g/mol. The van der Waals surface area contributed by atoms with E-state index in [1.165, 1.54) is 0 Å². The number of amides is 2. The van der Waals surface area contributed by atoms with Crippen molar-refractivity contribution in [2.45, 2.75) is 0 Å². The van der Waals surface area contributed by atoms with E-state index < -0.39 is 5.91 Å². The normalized spacial score (nSPS) is 14.3. The second-order valence-electron chi connectivity index (χ2n) is 6.18. The van der Waals surface area contributed by atoms with Crippen LogP contribution in [0, 0.1) is 0 Å². The Morgan fingerprint density at radius 1 is 0.815 bits per heavy atom. The molecular formula is C22H17N3O2. The van der Waals surface area contributed by atoms with Crippen LogP contribution in [-0.4, -0.2) is 11.8 Å². The van der Waals surface area contributed by atoms with Gasteiger partial charge in [-0.3, -0.25) is 9.59 Å². The van der Waals surface area contributed by atoms with Crippen molar-refractivity contribution in [1.82, 2.24) is 0 Å². The monoisotopic (exact) mass is 355 g/mol. The van der Waals surface area contributed by atoms with Crippen molar-refractivity contribution >= 4 is 34.5 Å². The van der Waals surface area contributed by atoms with Gasteiger partial charge in [-0.25, -0.2) is 0 Å². The van der Waals surface area contributed by atoms with Gasteiger partial charge in [0.25, 0.3) is 5.91 Å². The van der Waals surface area contributed by atoms with E-state index in [1.54, 1.807) is 24.3 Å². The van der Waals surface area contributed by atoms with Gasteiger partial charge in [0.05, 0.1) is 11.3 Å². The highest BCUT2D eigenvalue weighted by Crippen LogP contribution is 2.37. The number of carbonyl (C=O) groups excluding carboxylic acids is 2. The number of fused-ring (bicyclic) bond motifs is 1. The van der Waals surface area contributed by atoms with E-state index in [9.17, 15) is 9.59 Å². The lowest BCUT2D eigenvalue weighted by atomic mass is 10.00. The van der Waals surface area contributed by atoms with Crippen LogP contribution in [-0.2, 0) is 4.79 Å². The van der Waals surface area contributed by atoms with Crippen LogP contribution in [0.3, 0.4) is 0 Å². The Bertz CT molecular complexity index is 1050. The second-order valence-corrected chi connectivity index (χ2v) is 6.18. The molecule has 0 bridgehead atoms. The van der Waals surface area contributed by atoms with Gasteiger partial charge in [0.1, 0.15) is 0 Å². The minimum absolute atomic E-state index is 0.156. The third-order valence-electron chi connectivity index (χ3n) is 4.42. The van der Waals surface area contributed by atoms with Crippen LogP contribution in [0.1, 0.15) is 21.5 Å². The van der Waals surface area contributed by atoms with Crippen molar-refractivity contribution in [3.63, 3.8) is 0 Å². The first-order valence-electron chi connectivity index (χ1n) is 8.51. The molecule has 4 rings (SSSR count). The predicted molar refractivity (Wildman–Crippen MR) is 107 cm³/mol. The van der Waals surface area contributed by atoms with E-state index in [0.29, 0.717) is 16.8 Å². The molecule has 0 saturated carbocycles. The standard InChI is InChI=1S/C22H17N3O2/c23-21(26)15-10-12-16(13-11-15)24-20(14-6-2-1-3-7-14)19-17-8-4-5-9-18(17)25-22(19)27/h1-13,24H,(H2,23,26)(H,25,27). The highest BCUT2D eigenvalue weighted by atomic mass is 16.2. The molecule has 4 N–H and O–H groups in total. The third kappa shape index (κ3) is 3.18. The number of hydrogen-bond donors (Lipinski definition) is 3. The maximum atomic E-state index is 12.7. The van der Waals surface area contributed by atoms with Crippen molar-refractivity contribution < 1.29 is 9.59 Å². The number of benzene rings is 3. The van der Waals surface area contributed by atoms with Gasteiger partial charge in [0, 0.05) is 22.5 Å². The van der Waals surface area contributed by atoms with Crippen LogP contribution in [0.25, 0.3) is 11.3 Å². The second kappa shape index (κ2) is 6.80. The lowest BCUT2D eigenvalue weighted by Gasteiger charge is -2.15. The highest BCUT2D eigenvalue weighted by Gasteiger charge is 2.27. The summed E-state index contributed by atoms with van der Waals surface area (Å²) < 4.78 is 0. The minimum Gasteiger partial charge on any atom is -0.366 e. The predicted octanol–water partition coefficient (Wildman–Crippen LogP) is 3.72. The molecule has 3 aromatic carbocycles. The average Bonchev–Trinajstić information content (AvgIpc) is 3.03. The molecule has 3 aromatic rings. The number of carbonyl (C=O) groups is 2. The van der Waals surface area contributed by atoms with Crippen LogP contribution in [0.4, 0.5) is 11.4 Å². The van der Waals surface area contributed by atoms with E-state index in [0.717, 1.165) is 22.5 Å². The minimum atomic E-state index is -0.479. The number of nitrogens with two attached hydrogens (primary N) is 1. The molecule has 0 spiro atoms. The molecule has 0 atom stereocenters. The Kier molecular flexibility index (Phi) is 4.18. The largest absolute Gasteiger partial charge is 0.366 e. The molecule has 0 fully saturated rings. The molecule has 1 aliphatic rings. The van der Waals surface area contributed by atoms with Crippen molar-refractivity contribution in [1.29, 1.82) is 0 Å². The van der Waals surface area contributed by atoms with Crippen LogP contribution in [0.15, 0.2) is 78.9 Å². The SMILES string of the molecule is NC(=O)c1ccc(NC(=C2C(=O)Nc3ccccc32)c2ccccc2)cc1. The Hall–Kier alpha value is -3.86. The summed E-state index contributed by atoms with van der Waals surface area (Å²) in [5, 5.41) is 6.25. The molecule has 1 aliphatic heterocycles. The number of primary amides is 1. The van der Waals surface area contributed by atoms with Gasteiger partial charge < -0.3 is 16.4 Å².